The third-order valence-electron chi connectivity index (χ3n) is 5.80. The molecule has 9 heteroatoms. The number of benzene rings is 2. The number of methoxy groups -OCH3 is 1. The summed E-state index contributed by atoms with van der Waals surface area (Å²) < 4.78 is 15.5. The molecule has 0 saturated carbocycles. The quantitative estimate of drug-likeness (QED) is 0.379. The average Bonchev–Trinajstić information content (AvgIpc) is 3.25. The molecule has 5 rings (SSSR count). The summed E-state index contributed by atoms with van der Waals surface area (Å²) in [5.74, 6) is 1.14. The number of nitrogens with zero attached hydrogens (tertiary/aromatic N) is 5. The van der Waals surface area contributed by atoms with Gasteiger partial charge in [-0.3, -0.25) is 23.5 Å². The summed E-state index contributed by atoms with van der Waals surface area (Å²) in [4.78, 5) is 34.6. The van der Waals surface area contributed by atoms with Gasteiger partial charge >= 0.3 is 11.7 Å². The Morgan fingerprint density at radius 2 is 1.69 bits per heavy atom. The lowest BCUT2D eigenvalue weighted by Gasteiger charge is -2.11. The van der Waals surface area contributed by atoms with Crippen LogP contribution in [0.15, 0.2) is 82.5 Å². The minimum atomic E-state index is -0.464. The largest absolute Gasteiger partial charge is 0.497 e. The van der Waals surface area contributed by atoms with Gasteiger partial charge in [-0.2, -0.15) is 4.98 Å². The lowest BCUT2D eigenvalue weighted by molar-refractivity contribution is 0.411. The van der Waals surface area contributed by atoms with Crippen LogP contribution in [0.1, 0.15) is 5.56 Å². The molecule has 0 atom stereocenters. The summed E-state index contributed by atoms with van der Waals surface area (Å²) in [6.45, 7) is 0.284. The molecule has 9 nitrogen and oxygen atoms in total. The molecule has 0 aliphatic rings. The van der Waals surface area contributed by atoms with Crippen LogP contribution in [0, 0.1) is 0 Å². The molecule has 35 heavy (non-hydrogen) atoms. The van der Waals surface area contributed by atoms with Gasteiger partial charge in [0.25, 0.3) is 5.56 Å². The summed E-state index contributed by atoms with van der Waals surface area (Å²) in [5.41, 5.74) is 2.26. The number of pyridine rings is 1. The Labute approximate surface area is 200 Å². The molecule has 0 aliphatic heterocycles. The van der Waals surface area contributed by atoms with Crippen LogP contribution in [0.4, 0.5) is 0 Å². The standard InChI is InChI=1S/C26H23N5O4/c1-29-23-22(24(32)30(2)26(29)33)31(16-17-8-7-11-19(14-17)34-3)25(28-23)35-20-12-13-21(27-15-20)18-9-5-4-6-10-18/h4-15H,16H2,1-3H3. The van der Waals surface area contributed by atoms with Crippen molar-refractivity contribution in [3.8, 4) is 28.8 Å². The second-order valence-electron chi connectivity index (χ2n) is 8.06. The van der Waals surface area contributed by atoms with Crippen molar-refractivity contribution < 1.29 is 9.47 Å². The highest BCUT2D eigenvalue weighted by atomic mass is 16.5. The molecule has 0 spiro atoms. The first-order chi connectivity index (χ1) is 17.0. The highest BCUT2D eigenvalue weighted by Gasteiger charge is 2.21. The van der Waals surface area contributed by atoms with E-state index in [1.807, 2.05) is 60.7 Å². The van der Waals surface area contributed by atoms with Crippen LogP contribution >= 0.6 is 0 Å². The van der Waals surface area contributed by atoms with Crippen molar-refractivity contribution >= 4 is 11.2 Å². The van der Waals surface area contributed by atoms with E-state index in [-0.39, 0.29) is 23.7 Å². The molecule has 3 heterocycles. The number of hydrogen-bond acceptors (Lipinski definition) is 6. The molecule has 0 aliphatic carbocycles. The lowest BCUT2D eigenvalue weighted by Crippen LogP contribution is -2.37. The summed E-state index contributed by atoms with van der Waals surface area (Å²) in [6, 6.07) is 21.1. The predicted molar refractivity (Wildman–Crippen MR) is 132 cm³/mol. The van der Waals surface area contributed by atoms with Crippen molar-refractivity contribution in [3.63, 3.8) is 0 Å². The Morgan fingerprint density at radius 3 is 2.40 bits per heavy atom. The van der Waals surface area contributed by atoms with Gasteiger partial charge in [-0.25, -0.2) is 4.79 Å². The van der Waals surface area contributed by atoms with Gasteiger partial charge in [-0.05, 0) is 29.8 Å². The van der Waals surface area contributed by atoms with E-state index >= 15 is 0 Å². The van der Waals surface area contributed by atoms with Crippen LogP contribution in [0.5, 0.6) is 17.5 Å². The zero-order valence-corrected chi connectivity index (χ0v) is 19.5. The maximum atomic E-state index is 13.1. The number of aryl methyl sites for hydroxylation is 1. The van der Waals surface area contributed by atoms with E-state index in [4.69, 9.17) is 9.47 Å². The highest BCUT2D eigenvalue weighted by Crippen LogP contribution is 2.27. The Balaban J connectivity index is 1.60. The van der Waals surface area contributed by atoms with E-state index in [0.29, 0.717) is 11.5 Å². The molecule has 0 N–H and O–H groups in total. The van der Waals surface area contributed by atoms with E-state index in [1.165, 1.54) is 11.6 Å². The molecule has 0 bridgehead atoms. The van der Waals surface area contributed by atoms with Gasteiger partial charge < -0.3 is 9.47 Å². The summed E-state index contributed by atoms with van der Waals surface area (Å²) in [7, 11) is 4.62. The molecule has 3 aromatic heterocycles. The predicted octanol–water partition coefficient (Wildman–Crippen LogP) is 3.34. The van der Waals surface area contributed by atoms with Gasteiger partial charge in [0.15, 0.2) is 11.2 Å². The number of fused-ring (bicyclic) bond motifs is 1. The van der Waals surface area contributed by atoms with Crippen molar-refractivity contribution in [2.75, 3.05) is 7.11 Å². The Kier molecular flexibility index (Phi) is 5.66. The number of rotatable bonds is 6. The number of hydrogen-bond donors (Lipinski definition) is 0. The lowest BCUT2D eigenvalue weighted by atomic mass is 10.1. The molecule has 0 amide bonds. The molecular formula is C26H23N5O4. The normalized spacial score (nSPS) is 11.1. The van der Waals surface area contributed by atoms with Gasteiger partial charge in [0, 0.05) is 19.7 Å². The van der Waals surface area contributed by atoms with E-state index < -0.39 is 11.2 Å². The van der Waals surface area contributed by atoms with Gasteiger partial charge in [0.05, 0.1) is 25.5 Å². The zero-order chi connectivity index (χ0) is 24.5. The molecule has 0 saturated heterocycles. The summed E-state index contributed by atoms with van der Waals surface area (Å²) in [6.07, 6.45) is 1.61. The number of ether oxygens (including phenoxy) is 2. The minimum absolute atomic E-state index is 0.176. The average molecular weight is 470 g/mol. The van der Waals surface area contributed by atoms with E-state index in [9.17, 15) is 9.59 Å². The molecule has 5 aromatic rings. The Morgan fingerprint density at radius 1 is 0.886 bits per heavy atom. The van der Waals surface area contributed by atoms with E-state index in [0.717, 1.165) is 21.4 Å². The SMILES string of the molecule is COc1cccc(Cn2c(Oc3ccc(-c4ccccc4)nc3)nc3c2c(=O)n(C)c(=O)n3C)c1. The van der Waals surface area contributed by atoms with E-state index in [2.05, 4.69) is 9.97 Å². The molecule has 176 valence electrons. The fraction of sp³-hybridized carbons (Fsp3) is 0.154. The first kappa shape index (κ1) is 22.1. The third-order valence-corrected chi connectivity index (χ3v) is 5.80. The molecule has 0 unspecified atom stereocenters. The van der Waals surface area contributed by atoms with Crippen molar-refractivity contribution in [1.82, 2.24) is 23.7 Å². The maximum absolute atomic E-state index is 13.1. The van der Waals surface area contributed by atoms with Crippen LogP contribution in [-0.4, -0.2) is 30.8 Å². The van der Waals surface area contributed by atoms with Crippen molar-refractivity contribution in [2.24, 2.45) is 14.1 Å². The van der Waals surface area contributed by atoms with E-state index in [1.54, 1.807) is 31.0 Å². The van der Waals surface area contributed by atoms with Crippen LogP contribution in [0.2, 0.25) is 0 Å². The molecule has 0 radical (unpaired) electrons. The van der Waals surface area contributed by atoms with Crippen LogP contribution in [0.3, 0.4) is 0 Å². The Hall–Kier alpha value is -4.66. The highest BCUT2D eigenvalue weighted by molar-refractivity contribution is 5.72. The summed E-state index contributed by atoms with van der Waals surface area (Å²) >= 11 is 0. The molecule has 2 aromatic carbocycles. The zero-order valence-electron chi connectivity index (χ0n) is 19.5. The second kappa shape index (κ2) is 8.94. The second-order valence-corrected chi connectivity index (χ2v) is 8.06. The van der Waals surface area contributed by atoms with Crippen LogP contribution < -0.4 is 20.7 Å². The van der Waals surface area contributed by atoms with Crippen molar-refractivity contribution in [2.45, 2.75) is 6.54 Å². The topological polar surface area (TPSA) is 93.2 Å². The first-order valence-corrected chi connectivity index (χ1v) is 10.9. The maximum Gasteiger partial charge on any atom is 0.332 e. The van der Waals surface area contributed by atoms with Crippen LogP contribution in [-0.2, 0) is 20.6 Å². The fourth-order valence-corrected chi connectivity index (χ4v) is 3.93. The van der Waals surface area contributed by atoms with Gasteiger partial charge in [0.1, 0.15) is 11.5 Å². The van der Waals surface area contributed by atoms with Gasteiger partial charge in [-0.15, -0.1) is 0 Å². The minimum Gasteiger partial charge on any atom is -0.497 e. The first-order valence-electron chi connectivity index (χ1n) is 10.9. The summed E-state index contributed by atoms with van der Waals surface area (Å²) in [5, 5.41) is 0. The van der Waals surface area contributed by atoms with Gasteiger partial charge in [-0.1, -0.05) is 42.5 Å². The Bertz CT molecular complexity index is 1630. The molecule has 0 fully saturated rings. The smallest absolute Gasteiger partial charge is 0.332 e. The van der Waals surface area contributed by atoms with Crippen LogP contribution in [0.25, 0.3) is 22.4 Å². The van der Waals surface area contributed by atoms with Crippen molar-refractivity contribution in [1.29, 1.82) is 0 Å². The number of aromatic nitrogens is 5. The van der Waals surface area contributed by atoms with Crippen molar-refractivity contribution in [3.05, 3.63) is 99.3 Å². The number of imidazole rings is 1. The fourth-order valence-electron chi connectivity index (χ4n) is 3.93. The monoisotopic (exact) mass is 469 g/mol. The third kappa shape index (κ3) is 4.08. The molecular weight excluding hydrogens is 446 g/mol. The van der Waals surface area contributed by atoms with Gasteiger partial charge in [0.2, 0.25) is 0 Å².